The summed E-state index contributed by atoms with van der Waals surface area (Å²) in [5.41, 5.74) is 0.504. The molecule has 1 aliphatic heterocycles. The second-order valence-corrected chi connectivity index (χ2v) is 5.95. The summed E-state index contributed by atoms with van der Waals surface area (Å²) < 4.78 is 6.00. The third-order valence-corrected chi connectivity index (χ3v) is 4.14. The molecule has 0 saturated carbocycles. The number of rotatable bonds is 3. The maximum absolute atomic E-state index is 12.2. The number of hydrogen-bond acceptors (Lipinski definition) is 3. The predicted octanol–water partition coefficient (Wildman–Crippen LogP) is 2.84. The maximum Gasteiger partial charge on any atom is 0.261 e. The van der Waals surface area contributed by atoms with Crippen LogP contribution in [0, 0.1) is 0 Å². The normalized spacial score (nSPS) is 20.0. The van der Waals surface area contributed by atoms with Crippen molar-refractivity contribution in [3.05, 3.63) is 58.1 Å². The van der Waals surface area contributed by atoms with Crippen molar-refractivity contribution in [2.24, 2.45) is 0 Å². The minimum atomic E-state index is -1.56. The highest BCUT2D eigenvalue weighted by Gasteiger charge is 2.45. The molecule has 2 aromatic rings. The summed E-state index contributed by atoms with van der Waals surface area (Å²) >= 11 is 3.37. The molecule has 0 aliphatic carbocycles. The van der Waals surface area contributed by atoms with E-state index in [4.69, 9.17) is 4.74 Å². The number of ether oxygens (including phenoxy) is 1. The zero-order valence-electron chi connectivity index (χ0n) is 11.4. The fraction of sp³-hybridized carbons (Fsp3) is 0.188. The van der Waals surface area contributed by atoms with Gasteiger partial charge >= 0.3 is 0 Å². The Hall–Kier alpha value is -1.85. The zero-order valence-corrected chi connectivity index (χ0v) is 13.0. The van der Waals surface area contributed by atoms with Gasteiger partial charge in [-0.25, -0.2) is 0 Å². The Morgan fingerprint density at radius 1 is 1.29 bits per heavy atom. The summed E-state index contributed by atoms with van der Waals surface area (Å²) in [6, 6.07) is 12.7. The van der Waals surface area contributed by atoms with Crippen LogP contribution in [0.25, 0.3) is 0 Å². The Morgan fingerprint density at radius 3 is 2.86 bits per heavy atom. The van der Waals surface area contributed by atoms with Crippen molar-refractivity contribution in [3.8, 4) is 5.75 Å². The van der Waals surface area contributed by atoms with Crippen LogP contribution in [0.1, 0.15) is 11.1 Å². The molecule has 2 aromatic carbocycles. The molecule has 3 rings (SSSR count). The van der Waals surface area contributed by atoms with Crippen LogP contribution in [0.3, 0.4) is 0 Å². The van der Waals surface area contributed by atoms with Gasteiger partial charge in [-0.15, -0.1) is 0 Å². The molecular weight excluding hydrogens is 334 g/mol. The van der Waals surface area contributed by atoms with Gasteiger partial charge < -0.3 is 15.2 Å². The van der Waals surface area contributed by atoms with E-state index >= 15 is 0 Å². The molecule has 0 fully saturated rings. The van der Waals surface area contributed by atoms with E-state index in [0.717, 1.165) is 10.0 Å². The lowest BCUT2D eigenvalue weighted by molar-refractivity contribution is -0.133. The second-order valence-electron chi connectivity index (χ2n) is 5.03. The molecule has 0 bridgehead atoms. The smallest absolute Gasteiger partial charge is 0.261 e. The molecule has 1 atom stereocenters. The van der Waals surface area contributed by atoms with Crippen molar-refractivity contribution >= 4 is 27.5 Å². The van der Waals surface area contributed by atoms with Gasteiger partial charge in [0.1, 0.15) is 5.75 Å². The summed E-state index contributed by atoms with van der Waals surface area (Å²) in [5.74, 6) is 0.294. The van der Waals surface area contributed by atoms with Gasteiger partial charge in [0.15, 0.2) is 5.60 Å². The molecule has 0 saturated heterocycles. The van der Waals surface area contributed by atoms with Gasteiger partial charge in [0.25, 0.3) is 5.91 Å². The first-order valence-corrected chi connectivity index (χ1v) is 7.29. The number of carbonyl (C=O) groups excluding carboxylic acids is 1. The molecule has 1 aliphatic rings. The third-order valence-electron chi connectivity index (χ3n) is 3.65. The van der Waals surface area contributed by atoms with Crippen molar-refractivity contribution in [1.29, 1.82) is 0 Å². The summed E-state index contributed by atoms with van der Waals surface area (Å²) in [7, 11) is 1.59. The number of amides is 1. The minimum absolute atomic E-state index is 0.194. The molecular formula is C16H14BrNO3. The highest BCUT2D eigenvalue weighted by Crippen LogP contribution is 2.40. The Balaban J connectivity index is 2.01. The highest BCUT2D eigenvalue weighted by atomic mass is 79.9. The van der Waals surface area contributed by atoms with Crippen LogP contribution in [-0.2, 0) is 16.8 Å². The summed E-state index contributed by atoms with van der Waals surface area (Å²) in [6.45, 7) is 0. The Bertz CT molecular complexity index is 716. The van der Waals surface area contributed by atoms with E-state index in [-0.39, 0.29) is 6.42 Å². The number of benzene rings is 2. The van der Waals surface area contributed by atoms with Crippen LogP contribution < -0.4 is 10.1 Å². The van der Waals surface area contributed by atoms with Gasteiger partial charge in [0.05, 0.1) is 7.11 Å². The number of methoxy groups -OCH3 is 1. The first kappa shape index (κ1) is 14.1. The molecule has 2 N–H and O–H groups in total. The predicted molar refractivity (Wildman–Crippen MR) is 83.4 cm³/mol. The van der Waals surface area contributed by atoms with Crippen molar-refractivity contribution in [2.45, 2.75) is 12.0 Å². The fourth-order valence-electron chi connectivity index (χ4n) is 2.57. The quantitative estimate of drug-likeness (QED) is 0.897. The van der Waals surface area contributed by atoms with E-state index in [1.165, 1.54) is 0 Å². The van der Waals surface area contributed by atoms with E-state index in [1.807, 2.05) is 30.3 Å². The number of hydrogen-bond donors (Lipinski definition) is 2. The fourth-order valence-corrected chi connectivity index (χ4v) is 2.93. The molecule has 4 nitrogen and oxygen atoms in total. The Kier molecular flexibility index (Phi) is 3.47. The van der Waals surface area contributed by atoms with Crippen LogP contribution in [0.4, 0.5) is 5.69 Å². The van der Waals surface area contributed by atoms with Crippen molar-refractivity contribution in [1.82, 2.24) is 0 Å². The van der Waals surface area contributed by atoms with Crippen molar-refractivity contribution in [2.75, 3.05) is 12.4 Å². The monoisotopic (exact) mass is 347 g/mol. The molecule has 21 heavy (non-hydrogen) atoms. The topological polar surface area (TPSA) is 58.6 Å². The third kappa shape index (κ3) is 2.43. The number of halogens is 1. The molecule has 0 aromatic heterocycles. The standard InChI is InChI=1S/C16H14BrNO3/c1-21-12-4-2-3-10(7-12)9-16(20)13-8-11(17)5-6-14(13)18-15(16)19/h2-8,20H,9H2,1H3,(H,18,19). The maximum atomic E-state index is 12.2. The minimum Gasteiger partial charge on any atom is -0.497 e. The number of fused-ring (bicyclic) bond motifs is 1. The van der Waals surface area contributed by atoms with Crippen LogP contribution in [0.5, 0.6) is 5.75 Å². The van der Waals surface area contributed by atoms with Gasteiger partial charge in [0, 0.05) is 22.1 Å². The van der Waals surface area contributed by atoms with Crippen LogP contribution in [0.15, 0.2) is 46.9 Å². The van der Waals surface area contributed by atoms with Gasteiger partial charge in [0.2, 0.25) is 0 Å². The molecule has 1 amide bonds. The summed E-state index contributed by atoms with van der Waals surface area (Å²) in [6.07, 6.45) is 0.194. The van der Waals surface area contributed by atoms with E-state index in [9.17, 15) is 9.90 Å². The van der Waals surface area contributed by atoms with Crippen LogP contribution >= 0.6 is 15.9 Å². The van der Waals surface area contributed by atoms with Gasteiger partial charge in [-0.05, 0) is 35.9 Å². The highest BCUT2D eigenvalue weighted by molar-refractivity contribution is 9.10. The lowest BCUT2D eigenvalue weighted by Gasteiger charge is -2.21. The number of nitrogens with one attached hydrogen (secondary N) is 1. The first-order chi connectivity index (χ1) is 10.0. The zero-order chi connectivity index (χ0) is 15.0. The van der Waals surface area contributed by atoms with E-state index in [0.29, 0.717) is 17.0 Å². The van der Waals surface area contributed by atoms with Crippen LogP contribution in [-0.4, -0.2) is 18.1 Å². The lowest BCUT2D eigenvalue weighted by Crippen LogP contribution is -2.36. The summed E-state index contributed by atoms with van der Waals surface area (Å²) in [5, 5.41) is 13.6. The van der Waals surface area contributed by atoms with Gasteiger partial charge in [-0.1, -0.05) is 28.1 Å². The molecule has 0 spiro atoms. The molecule has 1 heterocycles. The van der Waals surface area contributed by atoms with Crippen molar-refractivity contribution in [3.63, 3.8) is 0 Å². The molecule has 0 radical (unpaired) electrons. The SMILES string of the molecule is COc1cccc(CC2(O)C(=O)Nc3ccc(Br)cc32)c1. The Morgan fingerprint density at radius 2 is 2.10 bits per heavy atom. The van der Waals surface area contributed by atoms with Gasteiger partial charge in [-0.2, -0.15) is 0 Å². The van der Waals surface area contributed by atoms with Crippen LogP contribution in [0.2, 0.25) is 0 Å². The van der Waals surface area contributed by atoms with E-state index in [1.54, 1.807) is 19.2 Å². The first-order valence-electron chi connectivity index (χ1n) is 6.50. The number of aliphatic hydroxyl groups is 1. The van der Waals surface area contributed by atoms with Gasteiger partial charge in [-0.3, -0.25) is 4.79 Å². The molecule has 108 valence electrons. The number of carbonyl (C=O) groups is 1. The largest absolute Gasteiger partial charge is 0.497 e. The Labute approximate surface area is 130 Å². The van der Waals surface area contributed by atoms with E-state index < -0.39 is 11.5 Å². The summed E-state index contributed by atoms with van der Waals surface area (Å²) in [4.78, 5) is 12.2. The lowest BCUT2D eigenvalue weighted by atomic mass is 9.88. The second kappa shape index (κ2) is 5.16. The van der Waals surface area contributed by atoms with Crippen molar-refractivity contribution < 1.29 is 14.6 Å². The molecule has 5 heteroatoms. The average molecular weight is 348 g/mol. The number of anilines is 1. The molecule has 1 unspecified atom stereocenters. The van der Waals surface area contributed by atoms with E-state index in [2.05, 4.69) is 21.2 Å². The average Bonchev–Trinajstić information content (AvgIpc) is 2.71.